The molecule has 1 heterocycles. The summed E-state index contributed by atoms with van der Waals surface area (Å²) in [6.45, 7) is 3.87. The van der Waals surface area contributed by atoms with Crippen molar-refractivity contribution >= 4 is 22.4 Å². The first kappa shape index (κ1) is 12.6. The lowest BCUT2D eigenvalue weighted by Gasteiger charge is -2.07. The lowest BCUT2D eigenvalue weighted by Crippen LogP contribution is -2.20. The molecule has 0 spiro atoms. The molecule has 1 aromatic carbocycles. The van der Waals surface area contributed by atoms with Gasteiger partial charge in [0.25, 0.3) is 5.91 Å². The highest BCUT2D eigenvalue weighted by Crippen LogP contribution is 2.18. The van der Waals surface area contributed by atoms with E-state index in [1.54, 1.807) is 6.20 Å². The number of hydrogen-bond donors (Lipinski definition) is 1. The van der Waals surface area contributed by atoms with Crippen LogP contribution in [0.3, 0.4) is 0 Å². The fourth-order valence-electron chi connectivity index (χ4n) is 1.43. The minimum absolute atomic E-state index is 0.0104. The zero-order valence-electron chi connectivity index (χ0n) is 10.3. The maximum Gasteiger partial charge on any atom is 0.264 e. The minimum Gasteiger partial charge on any atom is -0.483 e. The average molecular weight is 262 g/mol. The highest BCUT2D eigenvalue weighted by Gasteiger charge is 2.07. The molecular formula is C13H14N2O2S. The zero-order chi connectivity index (χ0) is 13.0. The van der Waals surface area contributed by atoms with E-state index in [2.05, 4.69) is 10.3 Å². The monoisotopic (exact) mass is 262 g/mol. The number of carbonyl (C=O) groups is 1. The van der Waals surface area contributed by atoms with E-state index in [4.69, 9.17) is 4.74 Å². The number of nitrogens with one attached hydrogen (secondary N) is 1. The van der Waals surface area contributed by atoms with Gasteiger partial charge in [0.15, 0.2) is 11.7 Å². The van der Waals surface area contributed by atoms with Crippen molar-refractivity contribution in [2.24, 2.45) is 0 Å². The van der Waals surface area contributed by atoms with Crippen molar-refractivity contribution < 1.29 is 9.53 Å². The first-order valence-corrected chi connectivity index (χ1v) is 6.37. The van der Waals surface area contributed by atoms with Crippen LogP contribution in [0.4, 0.5) is 5.13 Å². The van der Waals surface area contributed by atoms with Gasteiger partial charge >= 0.3 is 0 Å². The number of hydrogen-bond acceptors (Lipinski definition) is 4. The van der Waals surface area contributed by atoms with Crippen molar-refractivity contribution in [2.75, 3.05) is 11.9 Å². The fraction of sp³-hybridized carbons (Fsp3) is 0.231. The quantitative estimate of drug-likeness (QED) is 0.921. The van der Waals surface area contributed by atoms with Gasteiger partial charge < -0.3 is 4.74 Å². The van der Waals surface area contributed by atoms with Crippen LogP contribution in [0.5, 0.6) is 5.75 Å². The first-order chi connectivity index (χ1) is 8.65. The third kappa shape index (κ3) is 3.30. The highest BCUT2D eigenvalue weighted by molar-refractivity contribution is 7.15. The van der Waals surface area contributed by atoms with Crippen molar-refractivity contribution in [3.05, 3.63) is 40.9 Å². The van der Waals surface area contributed by atoms with E-state index >= 15 is 0 Å². The summed E-state index contributed by atoms with van der Waals surface area (Å²) in [6, 6.07) is 7.60. The van der Waals surface area contributed by atoms with Crippen LogP contribution in [0.1, 0.15) is 10.4 Å². The lowest BCUT2D eigenvalue weighted by atomic mass is 10.2. The molecule has 0 saturated carbocycles. The molecule has 0 aliphatic heterocycles. The lowest BCUT2D eigenvalue weighted by molar-refractivity contribution is -0.118. The number of thiazole rings is 1. The maximum absolute atomic E-state index is 11.6. The van der Waals surface area contributed by atoms with Gasteiger partial charge in [0, 0.05) is 11.1 Å². The van der Waals surface area contributed by atoms with E-state index in [1.807, 2.05) is 38.1 Å². The summed E-state index contributed by atoms with van der Waals surface area (Å²) in [5, 5.41) is 3.30. The van der Waals surface area contributed by atoms with Crippen LogP contribution in [0.25, 0.3) is 0 Å². The van der Waals surface area contributed by atoms with E-state index in [1.165, 1.54) is 11.3 Å². The first-order valence-electron chi connectivity index (χ1n) is 5.56. The Morgan fingerprint density at radius 2 is 2.17 bits per heavy atom. The molecule has 0 aliphatic carbocycles. The van der Waals surface area contributed by atoms with Crippen molar-refractivity contribution in [2.45, 2.75) is 13.8 Å². The van der Waals surface area contributed by atoms with Gasteiger partial charge in [0.2, 0.25) is 0 Å². The molecule has 1 N–H and O–H groups in total. The van der Waals surface area contributed by atoms with Crippen molar-refractivity contribution in [3.8, 4) is 5.75 Å². The fourth-order valence-corrected chi connectivity index (χ4v) is 2.11. The summed E-state index contributed by atoms with van der Waals surface area (Å²) in [7, 11) is 0. The van der Waals surface area contributed by atoms with E-state index in [-0.39, 0.29) is 12.5 Å². The maximum atomic E-state index is 11.6. The Morgan fingerprint density at radius 3 is 2.83 bits per heavy atom. The molecule has 5 heteroatoms. The zero-order valence-corrected chi connectivity index (χ0v) is 11.1. The Kier molecular flexibility index (Phi) is 3.94. The topological polar surface area (TPSA) is 51.2 Å². The van der Waals surface area contributed by atoms with Crippen molar-refractivity contribution in [3.63, 3.8) is 0 Å². The van der Waals surface area contributed by atoms with Gasteiger partial charge in [-0.1, -0.05) is 18.2 Å². The van der Waals surface area contributed by atoms with Crippen molar-refractivity contribution in [1.29, 1.82) is 0 Å². The van der Waals surface area contributed by atoms with Gasteiger partial charge in [-0.25, -0.2) is 4.98 Å². The average Bonchev–Trinajstić information content (AvgIpc) is 2.74. The molecule has 4 nitrogen and oxygen atoms in total. The summed E-state index contributed by atoms with van der Waals surface area (Å²) in [5.41, 5.74) is 1.01. The number of benzene rings is 1. The number of amides is 1. The number of carbonyl (C=O) groups excluding carboxylic acids is 1. The molecule has 0 fully saturated rings. The molecule has 0 radical (unpaired) electrons. The second-order valence-corrected chi connectivity index (χ2v) is 5.11. The van der Waals surface area contributed by atoms with Gasteiger partial charge in [-0.3, -0.25) is 10.1 Å². The Morgan fingerprint density at radius 1 is 1.39 bits per heavy atom. The number of aromatic nitrogens is 1. The van der Waals surface area contributed by atoms with Gasteiger partial charge in [-0.2, -0.15) is 0 Å². The van der Waals surface area contributed by atoms with Gasteiger partial charge in [-0.05, 0) is 25.5 Å². The Balaban J connectivity index is 1.87. The standard InChI is InChI=1S/C13H14N2O2S/c1-9-5-3-4-6-11(9)17-8-12(16)15-13-14-7-10(2)18-13/h3-7H,8H2,1-2H3,(H,14,15,16). The van der Waals surface area contributed by atoms with E-state index in [0.717, 1.165) is 16.2 Å². The second-order valence-electron chi connectivity index (χ2n) is 3.88. The minimum atomic E-state index is -0.201. The molecule has 2 aromatic rings. The van der Waals surface area contributed by atoms with Gasteiger partial charge in [-0.15, -0.1) is 11.3 Å². The number of aryl methyl sites for hydroxylation is 2. The van der Waals surface area contributed by atoms with Crippen molar-refractivity contribution in [1.82, 2.24) is 4.98 Å². The van der Waals surface area contributed by atoms with Crippen LogP contribution >= 0.6 is 11.3 Å². The number of rotatable bonds is 4. The van der Waals surface area contributed by atoms with Gasteiger partial charge in [0.1, 0.15) is 5.75 Å². The Hall–Kier alpha value is -1.88. The molecule has 1 aromatic heterocycles. The van der Waals surface area contributed by atoms with Crippen LogP contribution in [-0.2, 0) is 4.79 Å². The number of para-hydroxylation sites is 1. The highest BCUT2D eigenvalue weighted by atomic mass is 32.1. The SMILES string of the molecule is Cc1cnc(NC(=O)COc2ccccc2C)s1. The molecule has 0 atom stereocenters. The summed E-state index contributed by atoms with van der Waals surface area (Å²) in [5.74, 6) is 0.524. The molecular weight excluding hydrogens is 248 g/mol. The van der Waals surface area contributed by atoms with Crippen LogP contribution < -0.4 is 10.1 Å². The van der Waals surface area contributed by atoms with E-state index < -0.39 is 0 Å². The van der Waals surface area contributed by atoms with E-state index in [9.17, 15) is 4.79 Å². The molecule has 0 aliphatic rings. The summed E-state index contributed by atoms with van der Waals surface area (Å²) in [6.07, 6.45) is 1.72. The molecule has 94 valence electrons. The normalized spacial score (nSPS) is 10.1. The number of ether oxygens (including phenoxy) is 1. The van der Waals surface area contributed by atoms with Crippen LogP contribution in [-0.4, -0.2) is 17.5 Å². The predicted octanol–water partition coefficient (Wildman–Crippen LogP) is 2.78. The largest absolute Gasteiger partial charge is 0.483 e. The molecule has 1 amide bonds. The smallest absolute Gasteiger partial charge is 0.264 e. The molecule has 2 rings (SSSR count). The third-order valence-corrected chi connectivity index (χ3v) is 3.15. The molecule has 0 bridgehead atoms. The van der Waals surface area contributed by atoms with Crippen LogP contribution in [0.2, 0.25) is 0 Å². The summed E-state index contributed by atoms with van der Waals surface area (Å²) in [4.78, 5) is 16.8. The summed E-state index contributed by atoms with van der Waals surface area (Å²) >= 11 is 1.44. The molecule has 18 heavy (non-hydrogen) atoms. The predicted molar refractivity (Wildman–Crippen MR) is 72.2 cm³/mol. The van der Waals surface area contributed by atoms with Crippen LogP contribution in [0, 0.1) is 13.8 Å². The van der Waals surface area contributed by atoms with Gasteiger partial charge in [0.05, 0.1) is 0 Å². The number of anilines is 1. The third-order valence-electron chi connectivity index (χ3n) is 2.32. The summed E-state index contributed by atoms with van der Waals surface area (Å²) < 4.78 is 5.44. The number of nitrogens with zero attached hydrogens (tertiary/aromatic N) is 1. The Labute approximate surface area is 110 Å². The Bertz CT molecular complexity index is 551. The van der Waals surface area contributed by atoms with Crippen LogP contribution in [0.15, 0.2) is 30.5 Å². The molecule has 0 unspecified atom stereocenters. The van der Waals surface area contributed by atoms with E-state index in [0.29, 0.717) is 5.13 Å². The second kappa shape index (κ2) is 5.64. The molecule has 0 saturated heterocycles.